The molecule has 198 valence electrons. The molecule has 5 rings (SSSR count). The van der Waals surface area contributed by atoms with E-state index in [1.165, 1.54) is 16.7 Å². The summed E-state index contributed by atoms with van der Waals surface area (Å²) in [5.41, 5.74) is 4.59. The Bertz CT molecular complexity index is 1210. The average Bonchev–Trinajstić information content (AvgIpc) is 3.50. The van der Waals surface area contributed by atoms with Gasteiger partial charge >= 0.3 is 13.2 Å². The predicted molar refractivity (Wildman–Crippen MR) is 147 cm³/mol. The normalized spacial score (nSPS) is 24.7. The molecule has 7 nitrogen and oxygen atoms in total. The van der Waals surface area contributed by atoms with Crippen LogP contribution in [0.15, 0.2) is 24.4 Å². The van der Waals surface area contributed by atoms with Crippen molar-refractivity contribution in [1.29, 1.82) is 0 Å². The molecule has 2 aliphatic heterocycles. The zero-order chi connectivity index (χ0) is 26.8. The Morgan fingerprint density at radius 2 is 1.89 bits per heavy atom. The van der Waals surface area contributed by atoms with Gasteiger partial charge in [0.25, 0.3) is 0 Å². The smallest absolute Gasteiger partial charge is 0.444 e. The Kier molecular flexibility index (Phi) is 6.35. The maximum Gasteiger partial charge on any atom is 0.494 e. The van der Waals surface area contributed by atoms with E-state index in [-0.39, 0.29) is 30.5 Å². The highest BCUT2D eigenvalue weighted by atomic mass is 16.7. The summed E-state index contributed by atoms with van der Waals surface area (Å²) in [6.45, 7) is 17.0. The second kappa shape index (κ2) is 9.02. The van der Waals surface area contributed by atoms with Crippen molar-refractivity contribution in [2.75, 3.05) is 6.54 Å². The lowest BCUT2D eigenvalue weighted by Crippen LogP contribution is -2.41. The number of imidazole rings is 1. The van der Waals surface area contributed by atoms with Crippen LogP contribution in [-0.2, 0) is 14.0 Å². The van der Waals surface area contributed by atoms with Gasteiger partial charge in [-0.1, -0.05) is 25.1 Å². The summed E-state index contributed by atoms with van der Waals surface area (Å²) in [5, 5.41) is 0. The van der Waals surface area contributed by atoms with Crippen LogP contribution in [0.4, 0.5) is 4.79 Å². The number of nitrogens with zero attached hydrogens (tertiary/aromatic N) is 2. The standard InChI is InChI=1S/C29H40BN3O4/c1-18-14-20(15-19-11-12-21(16-22(18)19)30-36-28(5,6)29(7,8)37-30)23-17-31-25(32-23)24-10-9-13-33(24)26(34)35-27(2,3)4/h11-12,15-18,24H,9-10,13-14H2,1-8H3,(H,31,32). The van der Waals surface area contributed by atoms with E-state index in [0.717, 1.165) is 36.2 Å². The van der Waals surface area contributed by atoms with Gasteiger partial charge in [-0.05, 0) is 102 Å². The van der Waals surface area contributed by atoms with E-state index in [4.69, 9.17) is 19.0 Å². The third-order valence-corrected chi connectivity index (χ3v) is 8.16. The number of likely N-dealkylation sites (tertiary alicyclic amines) is 1. The highest BCUT2D eigenvalue weighted by molar-refractivity contribution is 6.62. The molecule has 2 fully saturated rings. The van der Waals surface area contributed by atoms with Gasteiger partial charge in [-0.3, -0.25) is 4.90 Å². The molecule has 2 atom stereocenters. The van der Waals surface area contributed by atoms with Crippen molar-refractivity contribution in [2.45, 2.75) is 103 Å². The van der Waals surface area contributed by atoms with Crippen LogP contribution in [0.2, 0.25) is 0 Å². The van der Waals surface area contributed by atoms with Crippen molar-refractivity contribution in [3.63, 3.8) is 0 Å². The molecular weight excluding hydrogens is 465 g/mol. The maximum atomic E-state index is 12.8. The van der Waals surface area contributed by atoms with E-state index in [2.05, 4.69) is 63.9 Å². The average molecular weight is 505 g/mol. The van der Waals surface area contributed by atoms with E-state index in [1.807, 2.05) is 27.0 Å². The number of amides is 1. The number of hydrogen-bond donors (Lipinski definition) is 1. The van der Waals surface area contributed by atoms with Gasteiger partial charge in [0.1, 0.15) is 11.4 Å². The number of carbonyl (C=O) groups is 1. The van der Waals surface area contributed by atoms with Crippen LogP contribution in [-0.4, -0.2) is 51.4 Å². The Hall–Kier alpha value is -2.58. The number of allylic oxidation sites excluding steroid dienone is 1. The summed E-state index contributed by atoms with van der Waals surface area (Å²) in [6, 6.07) is 6.44. The zero-order valence-electron chi connectivity index (χ0n) is 23.5. The Morgan fingerprint density at radius 1 is 1.19 bits per heavy atom. The van der Waals surface area contributed by atoms with Gasteiger partial charge in [0.2, 0.25) is 0 Å². The molecular formula is C29H40BN3O4. The highest BCUT2D eigenvalue weighted by Gasteiger charge is 2.51. The molecule has 2 saturated heterocycles. The van der Waals surface area contributed by atoms with Crippen LogP contribution in [0.1, 0.15) is 109 Å². The van der Waals surface area contributed by atoms with Crippen LogP contribution in [0, 0.1) is 0 Å². The van der Waals surface area contributed by atoms with Crippen molar-refractivity contribution in [3.8, 4) is 0 Å². The van der Waals surface area contributed by atoms with E-state index in [1.54, 1.807) is 4.90 Å². The SMILES string of the molecule is CC1CC(c2cnc(C3CCCN3C(=O)OC(C)(C)C)[nH]2)=Cc2ccc(B3OC(C)(C)C(C)(C)O3)cc21. The lowest BCUT2D eigenvalue weighted by atomic mass is 9.74. The minimum absolute atomic E-state index is 0.0834. The minimum atomic E-state index is -0.517. The third kappa shape index (κ3) is 4.98. The summed E-state index contributed by atoms with van der Waals surface area (Å²) < 4.78 is 18.2. The van der Waals surface area contributed by atoms with Gasteiger partial charge in [-0.15, -0.1) is 0 Å². The lowest BCUT2D eigenvalue weighted by Gasteiger charge is -2.32. The first kappa shape index (κ1) is 26.0. The van der Waals surface area contributed by atoms with Crippen LogP contribution in [0.3, 0.4) is 0 Å². The molecule has 3 heterocycles. The van der Waals surface area contributed by atoms with Crippen molar-refractivity contribution < 1.29 is 18.8 Å². The first-order valence-electron chi connectivity index (χ1n) is 13.5. The fraction of sp³-hybridized carbons (Fsp3) is 0.586. The van der Waals surface area contributed by atoms with Gasteiger partial charge < -0.3 is 19.0 Å². The lowest BCUT2D eigenvalue weighted by molar-refractivity contribution is 0.00578. The van der Waals surface area contributed by atoms with Crippen LogP contribution >= 0.6 is 0 Å². The second-order valence-corrected chi connectivity index (χ2v) is 12.8. The number of carbonyl (C=O) groups excluding carboxylic acids is 1. The van der Waals surface area contributed by atoms with E-state index < -0.39 is 5.60 Å². The molecule has 3 aliphatic rings. The van der Waals surface area contributed by atoms with Gasteiger partial charge in [0.05, 0.1) is 29.1 Å². The number of nitrogens with one attached hydrogen (secondary N) is 1. The number of hydrogen-bond acceptors (Lipinski definition) is 5. The first-order chi connectivity index (χ1) is 17.2. The monoisotopic (exact) mass is 505 g/mol. The number of aromatic amines is 1. The topological polar surface area (TPSA) is 76.7 Å². The molecule has 37 heavy (non-hydrogen) atoms. The van der Waals surface area contributed by atoms with Gasteiger partial charge in [-0.25, -0.2) is 9.78 Å². The Balaban J connectivity index is 1.36. The molecule has 1 aromatic heterocycles. The molecule has 8 heteroatoms. The molecule has 1 amide bonds. The Labute approximate surface area is 221 Å². The largest absolute Gasteiger partial charge is 0.494 e. The van der Waals surface area contributed by atoms with Crippen LogP contribution in [0.5, 0.6) is 0 Å². The summed E-state index contributed by atoms with van der Waals surface area (Å²) in [5.74, 6) is 1.17. The fourth-order valence-electron chi connectivity index (χ4n) is 5.41. The minimum Gasteiger partial charge on any atom is -0.444 e. The molecule has 0 radical (unpaired) electrons. The number of rotatable bonds is 3. The second-order valence-electron chi connectivity index (χ2n) is 12.8. The maximum absolute atomic E-state index is 12.8. The van der Waals surface area contributed by atoms with Crippen molar-refractivity contribution >= 4 is 30.3 Å². The summed E-state index contributed by atoms with van der Waals surface area (Å²) in [4.78, 5) is 22.8. The number of H-pyrrole nitrogens is 1. The van der Waals surface area contributed by atoms with Crippen molar-refractivity contribution in [3.05, 3.63) is 47.0 Å². The van der Waals surface area contributed by atoms with E-state index in [0.29, 0.717) is 12.5 Å². The third-order valence-electron chi connectivity index (χ3n) is 8.16. The molecule has 1 aromatic carbocycles. The van der Waals surface area contributed by atoms with Crippen molar-refractivity contribution in [1.82, 2.24) is 14.9 Å². The van der Waals surface area contributed by atoms with Crippen LogP contribution in [0.25, 0.3) is 11.6 Å². The quantitative estimate of drug-likeness (QED) is 0.532. The summed E-state index contributed by atoms with van der Waals surface area (Å²) in [7, 11) is -0.359. The van der Waals surface area contributed by atoms with Gasteiger partial charge in [0.15, 0.2) is 0 Å². The molecule has 0 saturated carbocycles. The highest BCUT2D eigenvalue weighted by Crippen LogP contribution is 2.40. The molecule has 1 N–H and O–H groups in total. The number of aromatic nitrogens is 2. The van der Waals surface area contributed by atoms with Gasteiger partial charge in [0, 0.05) is 6.54 Å². The van der Waals surface area contributed by atoms with Gasteiger partial charge in [-0.2, -0.15) is 0 Å². The summed E-state index contributed by atoms with van der Waals surface area (Å²) in [6.07, 6.45) is 6.61. The zero-order valence-corrected chi connectivity index (χ0v) is 23.5. The van der Waals surface area contributed by atoms with Crippen LogP contribution < -0.4 is 5.46 Å². The molecule has 0 bridgehead atoms. The number of benzene rings is 1. The first-order valence-corrected chi connectivity index (χ1v) is 13.5. The van der Waals surface area contributed by atoms with E-state index >= 15 is 0 Å². The number of ether oxygens (including phenoxy) is 1. The predicted octanol–water partition coefficient (Wildman–Crippen LogP) is 5.83. The Morgan fingerprint density at radius 3 is 2.57 bits per heavy atom. The summed E-state index contributed by atoms with van der Waals surface area (Å²) >= 11 is 0. The van der Waals surface area contributed by atoms with Crippen molar-refractivity contribution in [2.24, 2.45) is 0 Å². The molecule has 0 spiro atoms. The molecule has 1 aliphatic carbocycles. The molecule has 2 aromatic rings. The fourth-order valence-corrected chi connectivity index (χ4v) is 5.41. The molecule has 2 unspecified atom stereocenters. The number of fused-ring (bicyclic) bond motifs is 1. The van der Waals surface area contributed by atoms with E-state index in [9.17, 15) is 4.79 Å².